The van der Waals surface area contributed by atoms with E-state index in [1.807, 2.05) is 24.3 Å². The zero-order chi connectivity index (χ0) is 37.4. The molecule has 3 heterocycles. The van der Waals surface area contributed by atoms with E-state index in [-0.39, 0.29) is 19.2 Å². The molecule has 2 aliphatic heterocycles. The highest BCUT2D eigenvalue weighted by Gasteiger charge is 2.19. The Kier molecular flexibility index (Phi) is 15.3. The Hall–Kier alpha value is -4.66. The van der Waals surface area contributed by atoms with Gasteiger partial charge in [0.15, 0.2) is 0 Å². The molecule has 2 saturated heterocycles. The average Bonchev–Trinajstić information content (AvgIpc) is 3.17. The molecule has 53 heavy (non-hydrogen) atoms. The fourth-order valence-corrected chi connectivity index (χ4v) is 7.11. The molecule has 0 bridgehead atoms. The number of likely N-dealkylation sites (tertiary alicyclic amines) is 2. The van der Waals surface area contributed by atoms with E-state index in [1.54, 1.807) is 18.5 Å². The minimum Gasteiger partial charge on any atom is -0.494 e. The number of pyridine rings is 1. The summed E-state index contributed by atoms with van der Waals surface area (Å²) in [7, 11) is 0. The number of hydrogen-bond acceptors (Lipinski definition) is 9. The van der Waals surface area contributed by atoms with E-state index < -0.39 is 0 Å². The highest BCUT2D eigenvalue weighted by Crippen LogP contribution is 2.36. The van der Waals surface area contributed by atoms with E-state index in [4.69, 9.17) is 35.7 Å². The molecule has 0 saturated carbocycles. The largest absolute Gasteiger partial charge is 0.494 e. The molecule has 6 rings (SSSR count). The van der Waals surface area contributed by atoms with Crippen LogP contribution in [0.25, 0.3) is 11.1 Å². The van der Waals surface area contributed by atoms with Crippen LogP contribution in [0.15, 0.2) is 73.1 Å². The lowest BCUT2D eigenvalue weighted by atomic mass is 9.96. The van der Waals surface area contributed by atoms with Crippen molar-refractivity contribution in [2.24, 2.45) is 0 Å². The number of aliphatic hydroxyl groups is 1. The highest BCUT2D eigenvalue weighted by molar-refractivity contribution is 6.32. The van der Waals surface area contributed by atoms with E-state index in [1.165, 1.54) is 19.3 Å². The number of β-amino-alcohol motifs (C(OH)–C–C–N with tert-alkyl or cyclic N) is 1. The molecular formula is C42H49ClN4O6. The first-order valence-corrected chi connectivity index (χ1v) is 18.7. The second kappa shape index (κ2) is 20.5. The minimum absolute atomic E-state index is 0.201. The number of ether oxygens (including phenoxy) is 3. The number of rotatable bonds is 14. The molecule has 0 spiro atoms. The van der Waals surface area contributed by atoms with Crippen LogP contribution in [0.1, 0.15) is 66.3 Å². The number of hydrogen-bond donors (Lipinski definition) is 2. The highest BCUT2D eigenvalue weighted by atomic mass is 35.5. The van der Waals surface area contributed by atoms with E-state index >= 15 is 0 Å². The van der Waals surface area contributed by atoms with E-state index in [0.29, 0.717) is 35.3 Å². The average molecular weight is 741 g/mol. The van der Waals surface area contributed by atoms with Crippen LogP contribution in [0.3, 0.4) is 0 Å². The van der Waals surface area contributed by atoms with Crippen molar-refractivity contribution in [3.63, 3.8) is 0 Å². The maximum atomic E-state index is 9.94. The predicted octanol–water partition coefficient (Wildman–Crippen LogP) is 7.65. The lowest BCUT2D eigenvalue weighted by Gasteiger charge is -2.29. The first kappa shape index (κ1) is 39.5. The summed E-state index contributed by atoms with van der Waals surface area (Å²) in [5.74, 6) is 2.13. The quantitative estimate of drug-likeness (QED) is 0.0983. The SMILES string of the molecule is Cc1c(COc2cc(OCc3cncc(C#N)c3)c(CN3CCCCC3)cc2Cl)cccc1-c1cccc(OCCCN2CCCC(O)C2)c1.O=CO. The molecule has 280 valence electrons. The van der Waals surface area contributed by atoms with Crippen molar-refractivity contribution >= 4 is 18.1 Å². The molecule has 1 atom stereocenters. The molecule has 0 amide bonds. The van der Waals surface area contributed by atoms with Crippen LogP contribution in [0.4, 0.5) is 0 Å². The van der Waals surface area contributed by atoms with Crippen molar-refractivity contribution in [3.8, 4) is 34.4 Å². The Balaban J connectivity index is 0.00000175. The van der Waals surface area contributed by atoms with E-state index in [9.17, 15) is 10.4 Å². The molecule has 4 aromatic rings. The number of piperidine rings is 2. The molecular weight excluding hydrogens is 692 g/mol. The second-order valence-electron chi connectivity index (χ2n) is 13.5. The predicted molar refractivity (Wildman–Crippen MR) is 205 cm³/mol. The van der Waals surface area contributed by atoms with Gasteiger partial charge in [0.05, 0.1) is 23.3 Å². The number of carbonyl (C=O) groups is 1. The van der Waals surface area contributed by atoms with Crippen LogP contribution >= 0.6 is 11.6 Å². The molecule has 0 radical (unpaired) electrons. The molecule has 10 nitrogen and oxygen atoms in total. The zero-order valence-corrected chi connectivity index (χ0v) is 31.1. The monoisotopic (exact) mass is 740 g/mol. The zero-order valence-electron chi connectivity index (χ0n) is 30.4. The summed E-state index contributed by atoms with van der Waals surface area (Å²) in [4.78, 5) is 17.3. The second-order valence-corrected chi connectivity index (χ2v) is 13.9. The maximum absolute atomic E-state index is 9.94. The van der Waals surface area contributed by atoms with Gasteiger partial charge in [-0.3, -0.25) is 14.7 Å². The minimum atomic E-state index is -0.250. The molecule has 2 fully saturated rings. The van der Waals surface area contributed by atoms with E-state index in [0.717, 1.165) is 97.7 Å². The Bertz CT molecular complexity index is 1830. The van der Waals surface area contributed by atoms with Gasteiger partial charge in [0.2, 0.25) is 0 Å². The third-order valence-corrected chi connectivity index (χ3v) is 9.91. The number of carboxylic acid groups (broad SMARTS) is 1. The number of halogens is 1. The summed E-state index contributed by atoms with van der Waals surface area (Å²) in [5, 5.41) is 26.7. The summed E-state index contributed by atoms with van der Waals surface area (Å²) in [6.07, 6.45) is 9.60. The summed E-state index contributed by atoms with van der Waals surface area (Å²) < 4.78 is 18.9. The van der Waals surface area contributed by atoms with E-state index in [2.05, 4.69) is 58.1 Å². The standard InChI is InChI=1S/C41H47ClN4O4.CH2O2/c1-30-34(10-6-13-38(30)33-9-5-12-37(20-33)48-18-8-17-46-16-7-11-36(47)27-46)29-50-41-22-40(49-28-32-19-31(23-43)24-44-25-32)35(21-39(41)42)26-45-14-3-2-4-15-45;2-1-3/h5-6,9-10,12-13,19-22,24-25,36,47H,2-4,7-8,11,14-18,26-29H2,1H3;1H,(H,2,3). The number of aromatic nitrogens is 1. The molecule has 1 aromatic heterocycles. The maximum Gasteiger partial charge on any atom is 0.290 e. The van der Waals surface area contributed by atoms with Crippen molar-refractivity contribution in [1.82, 2.24) is 14.8 Å². The van der Waals surface area contributed by atoms with Crippen molar-refractivity contribution in [3.05, 3.63) is 106 Å². The van der Waals surface area contributed by atoms with Gasteiger partial charge >= 0.3 is 0 Å². The van der Waals surface area contributed by atoms with Gasteiger partial charge < -0.3 is 29.3 Å². The number of nitriles is 1. The van der Waals surface area contributed by atoms with Gasteiger partial charge in [0, 0.05) is 49.2 Å². The van der Waals surface area contributed by atoms with Crippen LogP contribution in [0, 0.1) is 18.3 Å². The van der Waals surface area contributed by atoms with Crippen LogP contribution in [0.5, 0.6) is 17.2 Å². The third kappa shape index (κ3) is 11.9. The van der Waals surface area contributed by atoms with Crippen molar-refractivity contribution < 1.29 is 29.2 Å². The summed E-state index contributed by atoms with van der Waals surface area (Å²) in [5.41, 5.74) is 6.75. The van der Waals surface area contributed by atoms with Gasteiger partial charge in [0.25, 0.3) is 6.47 Å². The molecule has 0 aliphatic carbocycles. The van der Waals surface area contributed by atoms with Gasteiger partial charge in [-0.15, -0.1) is 0 Å². The number of nitrogens with zero attached hydrogens (tertiary/aromatic N) is 4. The molecule has 3 aromatic carbocycles. The fourth-order valence-electron chi connectivity index (χ4n) is 6.87. The first-order valence-electron chi connectivity index (χ1n) is 18.3. The Morgan fingerprint density at radius 2 is 1.70 bits per heavy atom. The lowest BCUT2D eigenvalue weighted by molar-refractivity contribution is -0.122. The summed E-state index contributed by atoms with van der Waals surface area (Å²) >= 11 is 6.86. The van der Waals surface area contributed by atoms with Crippen molar-refractivity contribution in [1.29, 1.82) is 5.26 Å². The normalized spacial score (nSPS) is 16.2. The topological polar surface area (TPSA) is 128 Å². The summed E-state index contributed by atoms with van der Waals surface area (Å²) in [6.45, 7) is 8.74. The Morgan fingerprint density at radius 1 is 0.925 bits per heavy atom. The number of aliphatic hydroxyl groups excluding tert-OH is 1. The summed E-state index contributed by atoms with van der Waals surface area (Å²) in [6, 6.07) is 22.3. The van der Waals surface area contributed by atoms with Crippen molar-refractivity contribution in [2.75, 3.05) is 39.3 Å². The van der Waals surface area contributed by atoms with Crippen molar-refractivity contribution in [2.45, 2.75) is 71.3 Å². The molecule has 2 aliphatic rings. The molecule has 1 unspecified atom stereocenters. The third-order valence-electron chi connectivity index (χ3n) is 9.62. The van der Waals surface area contributed by atoms with Crippen LogP contribution < -0.4 is 14.2 Å². The Labute approximate surface area is 317 Å². The van der Waals surface area contributed by atoms with Gasteiger partial charge in [0.1, 0.15) is 36.5 Å². The van der Waals surface area contributed by atoms with Crippen LogP contribution in [-0.2, 0) is 24.6 Å². The van der Waals surface area contributed by atoms with Gasteiger partial charge in [-0.25, -0.2) is 0 Å². The first-order chi connectivity index (χ1) is 25.9. The Morgan fingerprint density at radius 3 is 2.49 bits per heavy atom. The fraction of sp³-hybridized carbons (Fsp3) is 0.405. The van der Waals surface area contributed by atoms with Gasteiger partial charge in [-0.05, 0) is 105 Å². The lowest BCUT2D eigenvalue weighted by Crippen LogP contribution is -2.39. The molecule has 2 N–H and O–H groups in total. The molecule has 11 heteroatoms. The smallest absolute Gasteiger partial charge is 0.290 e. The van der Waals surface area contributed by atoms with Crippen LogP contribution in [-0.4, -0.2) is 76.9 Å². The van der Waals surface area contributed by atoms with Gasteiger partial charge in [-0.2, -0.15) is 5.26 Å². The van der Waals surface area contributed by atoms with Gasteiger partial charge in [-0.1, -0.05) is 48.4 Å². The van der Waals surface area contributed by atoms with Crippen LogP contribution in [0.2, 0.25) is 5.02 Å². The number of benzene rings is 3.